The van der Waals surface area contributed by atoms with E-state index in [1.54, 1.807) is 24.3 Å². The first-order valence-corrected chi connectivity index (χ1v) is 5.81. The highest BCUT2D eigenvalue weighted by Gasteiger charge is 2.15. The molecule has 5 heteroatoms. The molecule has 96 valence electrons. The third kappa shape index (κ3) is 2.34. The lowest BCUT2D eigenvalue weighted by molar-refractivity contribution is 0.406. The van der Waals surface area contributed by atoms with E-state index in [0.717, 1.165) is 4.57 Å². The number of hydrogen-bond acceptors (Lipinski definition) is 4. The van der Waals surface area contributed by atoms with Gasteiger partial charge in [0.15, 0.2) is 0 Å². The van der Waals surface area contributed by atoms with Gasteiger partial charge >= 0.3 is 0 Å². The quantitative estimate of drug-likeness (QED) is 0.857. The molecule has 0 fully saturated rings. The average Bonchev–Trinajstić information content (AvgIpc) is 2.44. The summed E-state index contributed by atoms with van der Waals surface area (Å²) in [5.74, 6) is -0.334. The normalized spacial score (nSPS) is 10.1. The molecule has 3 N–H and O–H groups in total. The van der Waals surface area contributed by atoms with Crippen LogP contribution >= 0.6 is 0 Å². The Kier molecular flexibility index (Phi) is 3.64. The Morgan fingerprint density at radius 2 is 2.00 bits per heavy atom. The summed E-state index contributed by atoms with van der Waals surface area (Å²) in [6, 6.07) is 12.3. The number of benzene rings is 1. The Hall–Kier alpha value is -2.58. The minimum atomic E-state index is -0.374. The van der Waals surface area contributed by atoms with Crippen LogP contribution in [0.2, 0.25) is 0 Å². The lowest BCUT2D eigenvalue weighted by atomic mass is 10.0. The SMILES string of the molecule is N#Cc1c(-c2ccccc2)cc(=O)n(CCN)c1O. The van der Waals surface area contributed by atoms with Crippen LogP contribution in [-0.2, 0) is 6.54 Å². The van der Waals surface area contributed by atoms with Gasteiger partial charge in [0.1, 0.15) is 11.6 Å². The van der Waals surface area contributed by atoms with Gasteiger partial charge in [0.2, 0.25) is 5.88 Å². The molecule has 0 saturated heterocycles. The molecule has 0 unspecified atom stereocenters. The molecule has 2 rings (SSSR count). The van der Waals surface area contributed by atoms with Crippen molar-refractivity contribution in [2.45, 2.75) is 6.54 Å². The van der Waals surface area contributed by atoms with Crippen LogP contribution in [0.4, 0.5) is 0 Å². The maximum atomic E-state index is 11.9. The Labute approximate surface area is 110 Å². The zero-order chi connectivity index (χ0) is 13.8. The lowest BCUT2D eigenvalue weighted by Gasteiger charge is -2.11. The second-order valence-electron chi connectivity index (χ2n) is 4.01. The van der Waals surface area contributed by atoms with Crippen molar-refractivity contribution < 1.29 is 5.11 Å². The Bertz CT molecular complexity index is 684. The molecule has 0 amide bonds. The summed E-state index contributed by atoms with van der Waals surface area (Å²) in [7, 11) is 0. The molecule has 2 aromatic rings. The molecule has 1 aromatic carbocycles. The number of nitrogens with two attached hydrogens (primary N) is 1. The molecule has 0 aliphatic heterocycles. The predicted molar refractivity (Wildman–Crippen MR) is 71.6 cm³/mol. The van der Waals surface area contributed by atoms with E-state index in [-0.39, 0.29) is 30.1 Å². The fourth-order valence-corrected chi connectivity index (χ4v) is 1.93. The van der Waals surface area contributed by atoms with Crippen molar-refractivity contribution in [3.8, 4) is 23.1 Å². The van der Waals surface area contributed by atoms with Crippen molar-refractivity contribution in [1.29, 1.82) is 5.26 Å². The summed E-state index contributed by atoms with van der Waals surface area (Å²) < 4.78 is 1.10. The third-order valence-electron chi connectivity index (χ3n) is 2.83. The summed E-state index contributed by atoms with van der Waals surface area (Å²) >= 11 is 0. The maximum Gasteiger partial charge on any atom is 0.254 e. The first-order chi connectivity index (χ1) is 9.19. The number of rotatable bonds is 3. The first kappa shape index (κ1) is 12.9. The van der Waals surface area contributed by atoms with Crippen LogP contribution in [0.1, 0.15) is 5.56 Å². The number of aromatic nitrogens is 1. The minimum Gasteiger partial charge on any atom is -0.493 e. The third-order valence-corrected chi connectivity index (χ3v) is 2.83. The van der Waals surface area contributed by atoms with E-state index in [2.05, 4.69) is 0 Å². The van der Waals surface area contributed by atoms with Crippen molar-refractivity contribution in [2.75, 3.05) is 6.54 Å². The number of nitriles is 1. The van der Waals surface area contributed by atoms with Crippen molar-refractivity contribution in [1.82, 2.24) is 4.57 Å². The van der Waals surface area contributed by atoms with E-state index in [1.165, 1.54) is 6.07 Å². The molecular formula is C14H13N3O2. The van der Waals surface area contributed by atoms with Gasteiger partial charge in [-0.05, 0) is 5.56 Å². The number of hydrogen-bond donors (Lipinski definition) is 2. The van der Waals surface area contributed by atoms with Gasteiger partial charge in [-0.1, -0.05) is 30.3 Å². The molecule has 0 aliphatic carbocycles. The van der Waals surface area contributed by atoms with Crippen molar-refractivity contribution in [2.24, 2.45) is 5.73 Å². The molecule has 0 aliphatic rings. The van der Waals surface area contributed by atoms with E-state index in [1.807, 2.05) is 12.1 Å². The van der Waals surface area contributed by atoms with Gasteiger partial charge in [-0.25, -0.2) is 0 Å². The number of nitrogens with zero attached hydrogens (tertiary/aromatic N) is 2. The van der Waals surface area contributed by atoms with Crippen LogP contribution in [0.3, 0.4) is 0 Å². The standard InChI is InChI=1S/C14H13N3O2/c15-6-7-17-13(18)8-11(12(9-16)14(17)19)10-4-2-1-3-5-10/h1-5,8,19H,6-7,15H2. The van der Waals surface area contributed by atoms with Gasteiger partial charge in [-0.15, -0.1) is 0 Å². The van der Waals surface area contributed by atoms with Crippen molar-refractivity contribution in [3.63, 3.8) is 0 Å². The topological polar surface area (TPSA) is 92.0 Å². The van der Waals surface area contributed by atoms with Gasteiger partial charge in [-0.3, -0.25) is 9.36 Å². The van der Waals surface area contributed by atoms with Crippen molar-refractivity contribution in [3.05, 3.63) is 52.3 Å². The van der Waals surface area contributed by atoms with Crippen LogP contribution in [0.15, 0.2) is 41.2 Å². The Balaban J connectivity index is 2.71. The second-order valence-corrected chi connectivity index (χ2v) is 4.01. The number of pyridine rings is 1. The fourth-order valence-electron chi connectivity index (χ4n) is 1.93. The van der Waals surface area contributed by atoms with Crippen LogP contribution in [0.5, 0.6) is 5.88 Å². The highest BCUT2D eigenvalue weighted by molar-refractivity contribution is 5.72. The molecule has 5 nitrogen and oxygen atoms in total. The van der Waals surface area contributed by atoms with E-state index >= 15 is 0 Å². The molecule has 0 spiro atoms. The largest absolute Gasteiger partial charge is 0.493 e. The van der Waals surface area contributed by atoms with Crippen LogP contribution in [-0.4, -0.2) is 16.2 Å². The first-order valence-electron chi connectivity index (χ1n) is 5.81. The van der Waals surface area contributed by atoms with Crippen LogP contribution in [0.25, 0.3) is 11.1 Å². The molecule has 0 radical (unpaired) electrons. The predicted octanol–water partition coefficient (Wildman–Crippen LogP) is 1.05. The summed E-state index contributed by atoms with van der Waals surface area (Å²) in [6.07, 6.45) is 0. The molecular weight excluding hydrogens is 242 g/mol. The highest BCUT2D eigenvalue weighted by atomic mass is 16.3. The minimum absolute atomic E-state index is 0.0826. The van der Waals surface area contributed by atoms with E-state index in [9.17, 15) is 15.2 Å². The van der Waals surface area contributed by atoms with Crippen molar-refractivity contribution >= 4 is 0 Å². The Morgan fingerprint density at radius 3 is 2.58 bits per heavy atom. The fraction of sp³-hybridized carbons (Fsp3) is 0.143. The van der Waals surface area contributed by atoms with E-state index in [0.29, 0.717) is 11.1 Å². The summed E-state index contributed by atoms with van der Waals surface area (Å²) in [4.78, 5) is 11.9. The molecule has 0 bridgehead atoms. The molecule has 0 saturated carbocycles. The molecule has 0 atom stereocenters. The number of aromatic hydroxyl groups is 1. The average molecular weight is 255 g/mol. The van der Waals surface area contributed by atoms with E-state index in [4.69, 9.17) is 5.73 Å². The Morgan fingerprint density at radius 1 is 1.32 bits per heavy atom. The smallest absolute Gasteiger partial charge is 0.254 e. The molecule has 1 heterocycles. The molecule has 1 aromatic heterocycles. The van der Waals surface area contributed by atoms with Crippen LogP contribution < -0.4 is 11.3 Å². The summed E-state index contributed by atoms with van der Waals surface area (Å²) in [5, 5.41) is 19.2. The van der Waals surface area contributed by atoms with Gasteiger partial charge in [-0.2, -0.15) is 5.26 Å². The highest BCUT2D eigenvalue weighted by Crippen LogP contribution is 2.27. The van der Waals surface area contributed by atoms with Gasteiger partial charge in [0.25, 0.3) is 5.56 Å². The van der Waals surface area contributed by atoms with E-state index < -0.39 is 0 Å². The zero-order valence-electron chi connectivity index (χ0n) is 10.2. The maximum absolute atomic E-state index is 11.9. The van der Waals surface area contributed by atoms with Gasteiger partial charge in [0, 0.05) is 24.7 Å². The monoisotopic (exact) mass is 255 g/mol. The van der Waals surface area contributed by atoms with Gasteiger partial charge in [0.05, 0.1) is 0 Å². The second kappa shape index (κ2) is 5.38. The zero-order valence-corrected chi connectivity index (χ0v) is 10.2. The lowest BCUT2D eigenvalue weighted by Crippen LogP contribution is -2.24. The van der Waals surface area contributed by atoms with Gasteiger partial charge < -0.3 is 10.8 Å². The summed E-state index contributed by atoms with van der Waals surface area (Å²) in [5.41, 5.74) is 6.24. The summed E-state index contributed by atoms with van der Waals surface area (Å²) in [6.45, 7) is 0.386. The molecule has 19 heavy (non-hydrogen) atoms. The van der Waals surface area contributed by atoms with Crippen LogP contribution in [0, 0.1) is 11.3 Å².